The standard InChI is InChI=1S/C31H33Cl2N3O5S/c1-21(11-14-35-30(37)29-27(32)19-34-20-28(29)33)36-15-12-23(13-16-36)31(40-17-18-41-31)26-6-4-3-5-25(26)22-7-9-24(10-8-22)42(2,38)39/h3-10,17-21,23H,11-16H2,1-2H3,(H,35,37). The minimum absolute atomic E-state index is 0.0862. The third-order valence-corrected chi connectivity index (χ3v) is 9.76. The van der Waals surface area contributed by atoms with Gasteiger partial charge in [0.2, 0.25) is 0 Å². The Hall–Kier alpha value is -3.11. The Bertz CT molecular complexity index is 1540. The molecule has 1 unspecified atom stereocenters. The molecule has 1 N–H and O–H groups in total. The molecular weight excluding hydrogens is 597 g/mol. The highest BCUT2D eigenvalue weighted by Crippen LogP contribution is 2.47. The van der Waals surface area contributed by atoms with Gasteiger partial charge in [-0.15, -0.1) is 0 Å². The number of likely N-dealkylation sites (tertiary alicyclic amines) is 1. The van der Waals surface area contributed by atoms with Gasteiger partial charge in [0.15, 0.2) is 9.84 Å². The van der Waals surface area contributed by atoms with Gasteiger partial charge in [-0.3, -0.25) is 9.78 Å². The van der Waals surface area contributed by atoms with Gasteiger partial charge in [0, 0.05) is 42.7 Å². The van der Waals surface area contributed by atoms with Crippen LogP contribution in [0.4, 0.5) is 0 Å². The van der Waals surface area contributed by atoms with Crippen molar-refractivity contribution >= 4 is 38.9 Å². The van der Waals surface area contributed by atoms with Crippen molar-refractivity contribution < 1.29 is 22.7 Å². The van der Waals surface area contributed by atoms with E-state index in [9.17, 15) is 13.2 Å². The zero-order valence-electron chi connectivity index (χ0n) is 23.4. The molecule has 0 aliphatic carbocycles. The number of halogens is 2. The first-order valence-electron chi connectivity index (χ1n) is 13.8. The second kappa shape index (κ2) is 12.6. The van der Waals surface area contributed by atoms with Crippen LogP contribution in [0.25, 0.3) is 11.1 Å². The number of carbonyl (C=O) groups is 1. The predicted molar refractivity (Wildman–Crippen MR) is 163 cm³/mol. The van der Waals surface area contributed by atoms with Crippen LogP contribution in [0, 0.1) is 5.92 Å². The molecule has 5 rings (SSSR count). The first-order chi connectivity index (χ1) is 20.1. The average molecular weight is 631 g/mol. The van der Waals surface area contributed by atoms with Crippen molar-refractivity contribution in [1.29, 1.82) is 0 Å². The minimum atomic E-state index is -3.29. The molecule has 2 aliphatic rings. The highest BCUT2D eigenvalue weighted by Gasteiger charge is 2.48. The summed E-state index contributed by atoms with van der Waals surface area (Å²) in [6, 6.07) is 15.1. The van der Waals surface area contributed by atoms with Crippen LogP contribution in [0.1, 0.15) is 42.1 Å². The summed E-state index contributed by atoms with van der Waals surface area (Å²) in [5.41, 5.74) is 2.97. The van der Waals surface area contributed by atoms with Crippen LogP contribution in [-0.4, -0.2) is 56.1 Å². The molecule has 11 heteroatoms. The Morgan fingerprint density at radius 1 is 1.05 bits per heavy atom. The fourth-order valence-electron chi connectivity index (χ4n) is 5.76. The van der Waals surface area contributed by atoms with Gasteiger partial charge in [0.1, 0.15) is 12.5 Å². The number of nitrogens with zero attached hydrogens (tertiary/aromatic N) is 2. The molecule has 1 atom stereocenters. The third kappa shape index (κ3) is 6.29. The molecule has 3 heterocycles. The smallest absolute Gasteiger partial charge is 0.280 e. The van der Waals surface area contributed by atoms with E-state index in [0.717, 1.165) is 49.0 Å². The lowest BCUT2D eigenvalue weighted by Crippen LogP contribution is -2.47. The maximum Gasteiger partial charge on any atom is 0.280 e. The van der Waals surface area contributed by atoms with Crippen LogP contribution in [0.5, 0.6) is 0 Å². The SMILES string of the molecule is CC(CCNC(=O)c1c(Cl)cncc1Cl)N1CCC(C2(c3ccccc3-c3ccc(S(C)(=O)=O)cc3)OC=CO2)CC1. The molecule has 1 saturated heterocycles. The fraction of sp³-hybridized carbons (Fsp3) is 0.355. The van der Waals surface area contributed by atoms with Gasteiger partial charge < -0.3 is 19.7 Å². The lowest BCUT2D eigenvalue weighted by atomic mass is 9.81. The second-order valence-corrected chi connectivity index (χ2v) is 13.5. The Kier molecular flexibility index (Phi) is 9.13. The van der Waals surface area contributed by atoms with E-state index < -0.39 is 15.6 Å². The second-order valence-electron chi connectivity index (χ2n) is 10.7. The zero-order chi connectivity index (χ0) is 29.9. The number of piperidine rings is 1. The molecule has 2 aromatic carbocycles. The van der Waals surface area contributed by atoms with E-state index in [1.807, 2.05) is 36.4 Å². The lowest BCUT2D eigenvalue weighted by Gasteiger charge is -2.43. The van der Waals surface area contributed by atoms with Crippen molar-refractivity contribution in [2.45, 2.75) is 42.9 Å². The molecular formula is C31H33Cl2N3O5S. The molecule has 0 radical (unpaired) electrons. The summed E-state index contributed by atoms with van der Waals surface area (Å²) in [4.78, 5) is 19.2. The predicted octanol–water partition coefficient (Wildman–Crippen LogP) is 6.05. The van der Waals surface area contributed by atoms with Crippen molar-refractivity contribution in [3.8, 4) is 11.1 Å². The van der Waals surface area contributed by atoms with Crippen LogP contribution >= 0.6 is 23.2 Å². The van der Waals surface area contributed by atoms with E-state index in [1.54, 1.807) is 24.7 Å². The van der Waals surface area contributed by atoms with Gasteiger partial charge in [-0.2, -0.15) is 0 Å². The summed E-state index contributed by atoms with van der Waals surface area (Å²) in [5.74, 6) is -1.20. The topological polar surface area (TPSA) is 97.8 Å². The quantitative estimate of drug-likeness (QED) is 0.308. The number of rotatable bonds is 9. The van der Waals surface area contributed by atoms with E-state index in [0.29, 0.717) is 6.54 Å². The van der Waals surface area contributed by atoms with Crippen LogP contribution < -0.4 is 5.32 Å². The van der Waals surface area contributed by atoms with Crippen molar-refractivity contribution in [3.63, 3.8) is 0 Å². The molecule has 1 amide bonds. The summed E-state index contributed by atoms with van der Waals surface area (Å²) < 4.78 is 36.5. The molecule has 0 saturated carbocycles. The molecule has 42 heavy (non-hydrogen) atoms. The van der Waals surface area contributed by atoms with Crippen LogP contribution in [0.15, 0.2) is 78.3 Å². The molecule has 0 spiro atoms. The van der Waals surface area contributed by atoms with Crippen molar-refractivity contribution in [1.82, 2.24) is 15.2 Å². The highest BCUT2D eigenvalue weighted by molar-refractivity contribution is 7.90. The molecule has 8 nitrogen and oxygen atoms in total. The van der Waals surface area contributed by atoms with Gasteiger partial charge in [-0.25, -0.2) is 8.42 Å². The summed E-state index contributed by atoms with van der Waals surface area (Å²) in [6.07, 6.45) is 9.68. The molecule has 3 aromatic rings. The van der Waals surface area contributed by atoms with Gasteiger partial charge in [-0.05, 0) is 62.5 Å². The third-order valence-electron chi connectivity index (χ3n) is 8.06. The molecule has 1 aromatic heterocycles. The first-order valence-corrected chi connectivity index (χ1v) is 16.5. The van der Waals surface area contributed by atoms with E-state index in [1.165, 1.54) is 18.6 Å². The maximum atomic E-state index is 12.6. The Morgan fingerprint density at radius 3 is 2.29 bits per heavy atom. The van der Waals surface area contributed by atoms with E-state index in [4.69, 9.17) is 32.7 Å². The monoisotopic (exact) mass is 629 g/mol. The van der Waals surface area contributed by atoms with Crippen LogP contribution in [0.3, 0.4) is 0 Å². The number of hydrogen-bond donors (Lipinski definition) is 1. The van der Waals surface area contributed by atoms with Gasteiger partial charge in [0.05, 0.1) is 20.5 Å². The number of benzene rings is 2. The summed E-state index contributed by atoms with van der Waals surface area (Å²) in [7, 11) is -3.29. The molecule has 2 aliphatic heterocycles. The van der Waals surface area contributed by atoms with E-state index >= 15 is 0 Å². The Labute approximate surface area is 256 Å². The Morgan fingerprint density at radius 2 is 1.67 bits per heavy atom. The minimum Gasteiger partial charge on any atom is -0.452 e. The van der Waals surface area contributed by atoms with Gasteiger partial charge >= 0.3 is 0 Å². The zero-order valence-corrected chi connectivity index (χ0v) is 25.8. The number of aromatic nitrogens is 1. The first kappa shape index (κ1) is 30.4. The van der Waals surface area contributed by atoms with Gasteiger partial charge in [0.25, 0.3) is 11.7 Å². The van der Waals surface area contributed by atoms with Crippen molar-refractivity contribution in [3.05, 3.63) is 94.6 Å². The van der Waals surface area contributed by atoms with Crippen molar-refractivity contribution in [2.75, 3.05) is 25.9 Å². The lowest BCUT2D eigenvalue weighted by molar-refractivity contribution is -0.201. The molecule has 0 bridgehead atoms. The summed E-state index contributed by atoms with van der Waals surface area (Å²) >= 11 is 12.2. The maximum absolute atomic E-state index is 12.6. The average Bonchev–Trinajstić information content (AvgIpc) is 3.48. The van der Waals surface area contributed by atoms with Crippen LogP contribution in [0.2, 0.25) is 10.0 Å². The number of sulfone groups is 1. The number of hydrogen-bond acceptors (Lipinski definition) is 7. The van der Waals surface area contributed by atoms with Crippen LogP contribution in [-0.2, 0) is 25.1 Å². The number of nitrogens with one attached hydrogen (secondary N) is 1. The molecule has 1 fully saturated rings. The van der Waals surface area contributed by atoms with Crippen molar-refractivity contribution in [2.24, 2.45) is 5.92 Å². The molecule has 222 valence electrons. The number of ether oxygens (including phenoxy) is 2. The fourth-order valence-corrected chi connectivity index (χ4v) is 6.93. The number of pyridine rings is 1. The summed E-state index contributed by atoms with van der Waals surface area (Å²) in [6.45, 7) is 4.34. The largest absolute Gasteiger partial charge is 0.452 e. The Balaban J connectivity index is 1.24. The normalized spacial score (nSPS) is 17.8. The summed E-state index contributed by atoms with van der Waals surface area (Å²) in [5, 5.41) is 3.37. The van der Waals surface area contributed by atoms with E-state index in [-0.39, 0.29) is 38.4 Å². The highest BCUT2D eigenvalue weighted by atomic mass is 35.5. The number of carbonyl (C=O) groups excluding carboxylic acids is 1. The van der Waals surface area contributed by atoms with E-state index in [2.05, 4.69) is 22.1 Å². The van der Waals surface area contributed by atoms with Gasteiger partial charge in [-0.1, -0.05) is 59.6 Å². The number of amides is 1.